The van der Waals surface area contributed by atoms with Gasteiger partial charge in [0.2, 0.25) is 0 Å². The van der Waals surface area contributed by atoms with Crippen molar-refractivity contribution < 1.29 is 19.1 Å². The number of rotatable bonds is 5. The molecule has 0 saturated heterocycles. The maximum absolute atomic E-state index is 10.9. The highest BCUT2D eigenvalue weighted by Gasteiger charge is 2.30. The average Bonchev–Trinajstić information content (AvgIpc) is 2.62. The Labute approximate surface area is 175 Å². The predicted octanol–water partition coefficient (Wildman–Crippen LogP) is 6.17. The van der Waals surface area contributed by atoms with Crippen LogP contribution in [0.25, 0.3) is 6.08 Å². The van der Waals surface area contributed by atoms with Crippen LogP contribution in [-0.4, -0.2) is 18.9 Å². The van der Waals surface area contributed by atoms with Crippen molar-refractivity contribution in [3.8, 4) is 11.5 Å². The molecule has 0 N–H and O–H groups in total. The Balaban J connectivity index is 0.000000291. The second kappa shape index (κ2) is 11.4. The zero-order valence-electron chi connectivity index (χ0n) is 18.7. The van der Waals surface area contributed by atoms with Gasteiger partial charge in [-0.3, -0.25) is 9.59 Å². The molecule has 0 bridgehead atoms. The fourth-order valence-corrected chi connectivity index (χ4v) is 3.43. The van der Waals surface area contributed by atoms with E-state index in [1.165, 1.54) is 25.3 Å². The lowest BCUT2D eigenvalue weighted by Crippen LogP contribution is -2.26. The van der Waals surface area contributed by atoms with Crippen molar-refractivity contribution in [2.45, 2.75) is 54.4 Å². The summed E-state index contributed by atoms with van der Waals surface area (Å²) >= 11 is 0. The molecule has 1 atom stereocenters. The molecule has 1 aliphatic rings. The maximum Gasteiger partial charge on any atom is 0.308 e. The van der Waals surface area contributed by atoms with E-state index < -0.39 is 0 Å². The molecule has 1 unspecified atom stereocenters. The molecule has 29 heavy (non-hydrogen) atoms. The fraction of sp³-hybridized carbons (Fsp3) is 0.440. The standard InChI is InChI=1S/C13H20O.C12H14O3/c1-10-6-5-9-13(3,4)12(10)8-7-11(2)14;1-4-5-10-6-7-11(15-9(2)13)12(8-10)14-3/h6-8,12H,5,9H2,1-4H3;4-8H,1-3H3. The van der Waals surface area contributed by atoms with Gasteiger partial charge in [0, 0.05) is 12.8 Å². The number of carbonyl (C=O) groups is 2. The molecule has 0 aromatic heterocycles. The monoisotopic (exact) mass is 398 g/mol. The number of carbonyl (C=O) groups excluding carboxylic acids is 2. The third kappa shape index (κ3) is 8.10. The van der Waals surface area contributed by atoms with E-state index >= 15 is 0 Å². The van der Waals surface area contributed by atoms with Crippen LogP contribution in [0.1, 0.15) is 59.9 Å². The molecule has 2 rings (SSSR count). The molecular weight excluding hydrogens is 364 g/mol. The van der Waals surface area contributed by atoms with Crippen LogP contribution in [0.2, 0.25) is 0 Å². The van der Waals surface area contributed by atoms with Gasteiger partial charge in [-0.1, -0.05) is 49.8 Å². The van der Waals surface area contributed by atoms with Crippen molar-refractivity contribution >= 4 is 17.8 Å². The molecule has 4 nitrogen and oxygen atoms in total. The number of esters is 1. The van der Waals surface area contributed by atoms with Gasteiger partial charge in [-0.25, -0.2) is 0 Å². The van der Waals surface area contributed by atoms with Gasteiger partial charge < -0.3 is 9.47 Å². The zero-order valence-corrected chi connectivity index (χ0v) is 18.7. The second-order valence-electron chi connectivity index (χ2n) is 7.93. The van der Waals surface area contributed by atoms with E-state index in [9.17, 15) is 9.59 Å². The summed E-state index contributed by atoms with van der Waals surface area (Å²) in [4.78, 5) is 21.7. The maximum atomic E-state index is 10.9. The van der Waals surface area contributed by atoms with Crippen LogP contribution >= 0.6 is 0 Å². The molecular formula is C25H34O4. The molecule has 0 amide bonds. The normalized spacial score (nSPS) is 18.0. The molecule has 0 spiro atoms. The minimum atomic E-state index is -0.355. The summed E-state index contributed by atoms with van der Waals surface area (Å²) in [6.07, 6.45) is 12.3. The third-order valence-electron chi connectivity index (χ3n) is 4.91. The first kappa shape index (κ1) is 24.4. The molecule has 1 aromatic carbocycles. The molecule has 0 saturated carbocycles. The molecule has 0 heterocycles. The lowest BCUT2D eigenvalue weighted by atomic mass is 9.68. The SMILES string of the molecule is CC(=O)C=CC1C(C)=CCCC1(C)C.CC=Cc1ccc(OC(C)=O)c(OC)c1. The lowest BCUT2D eigenvalue weighted by molar-refractivity contribution is -0.132. The number of ether oxygens (including phenoxy) is 2. The largest absolute Gasteiger partial charge is 0.493 e. The van der Waals surface area contributed by atoms with Gasteiger partial charge in [-0.2, -0.15) is 0 Å². The van der Waals surface area contributed by atoms with Crippen LogP contribution in [0.3, 0.4) is 0 Å². The number of allylic oxidation sites excluding steroid dienone is 5. The molecule has 158 valence electrons. The first-order valence-electron chi connectivity index (χ1n) is 9.95. The molecule has 4 heteroatoms. The van der Waals surface area contributed by atoms with E-state index in [-0.39, 0.29) is 11.8 Å². The minimum Gasteiger partial charge on any atom is -0.493 e. The Kier molecular flexibility index (Phi) is 9.60. The molecule has 1 aliphatic carbocycles. The molecule has 0 radical (unpaired) electrons. The Morgan fingerprint density at radius 3 is 2.38 bits per heavy atom. The van der Waals surface area contributed by atoms with E-state index in [1.54, 1.807) is 26.2 Å². The number of hydrogen-bond acceptors (Lipinski definition) is 4. The zero-order chi connectivity index (χ0) is 22.0. The van der Waals surface area contributed by atoms with Crippen molar-refractivity contribution in [3.05, 3.63) is 53.6 Å². The second-order valence-corrected chi connectivity index (χ2v) is 7.93. The van der Waals surface area contributed by atoms with E-state index in [1.807, 2.05) is 31.2 Å². The highest BCUT2D eigenvalue weighted by Crippen LogP contribution is 2.41. The summed E-state index contributed by atoms with van der Waals surface area (Å²) in [6, 6.07) is 5.40. The topological polar surface area (TPSA) is 52.6 Å². The van der Waals surface area contributed by atoms with Gasteiger partial charge in [0.15, 0.2) is 17.3 Å². The van der Waals surface area contributed by atoms with Crippen molar-refractivity contribution in [1.29, 1.82) is 0 Å². The Morgan fingerprint density at radius 1 is 1.17 bits per heavy atom. The van der Waals surface area contributed by atoms with Crippen molar-refractivity contribution in [1.82, 2.24) is 0 Å². The van der Waals surface area contributed by atoms with E-state index in [4.69, 9.17) is 9.47 Å². The quantitative estimate of drug-likeness (QED) is 0.258. The van der Waals surface area contributed by atoms with Crippen LogP contribution in [0.5, 0.6) is 11.5 Å². The highest BCUT2D eigenvalue weighted by molar-refractivity contribution is 5.87. The van der Waals surface area contributed by atoms with Crippen LogP contribution in [-0.2, 0) is 9.59 Å². The van der Waals surface area contributed by atoms with Gasteiger partial charge in [0.05, 0.1) is 7.11 Å². The summed E-state index contributed by atoms with van der Waals surface area (Å²) < 4.78 is 10.1. The molecule has 0 aliphatic heterocycles. The van der Waals surface area contributed by atoms with Gasteiger partial charge >= 0.3 is 5.97 Å². The number of ketones is 1. The number of methoxy groups -OCH3 is 1. The summed E-state index contributed by atoms with van der Waals surface area (Å²) in [5, 5.41) is 0. The first-order valence-corrected chi connectivity index (χ1v) is 9.95. The van der Waals surface area contributed by atoms with Crippen LogP contribution < -0.4 is 9.47 Å². The van der Waals surface area contributed by atoms with Crippen LogP contribution in [0, 0.1) is 11.3 Å². The van der Waals surface area contributed by atoms with Gasteiger partial charge in [-0.05, 0) is 62.8 Å². The molecule has 1 aromatic rings. The third-order valence-corrected chi connectivity index (χ3v) is 4.91. The summed E-state index contributed by atoms with van der Waals surface area (Å²) in [5.74, 6) is 1.21. The lowest BCUT2D eigenvalue weighted by Gasteiger charge is -2.36. The Morgan fingerprint density at radius 2 is 1.86 bits per heavy atom. The van der Waals surface area contributed by atoms with Crippen molar-refractivity contribution in [2.24, 2.45) is 11.3 Å². The Hall–Kier alpha value is -2.62. The summed E-state index contributed by atoms with van der Waals surface area (Å²) in [6.45, 7) is 11.6. The van der Waals surface area contributed by atoms with Crippen LogP contribution in [0.15, 0.2) is 48.1 Å². The minimum absolute atomic E-state index is 0.138. The Bertz CT molecular complexity index is 797. The molecule has 0 fully saturated rings. The number of hydrogen-bond donors (Lipinski definition) is 0. The van der Waals surface area contributed by atoms with Gasteiger partial charge in [0.1, 0.15) is 0 Å². The van der Waals surface area contributed by atoms with Gasteiger partial charge in [-0.15, -0.1) is 0 Å². The van der Waals surface area contributed by atoms with E-state index in [0.717, 1.165) is 5.56 Å². The average molecular weight is 399 g/mol. The van der Waals surface area contributed by atoms with Crippen LogP contribution in [0.4, 0.5) is 0 Å². The first-order chi connectivity index (χ1) is 13.6. The van der Waals surface area contributed by atoms with Crippen molar-refractivity contribution in [2.75, 3.05) is 7.11 Å². The highest BCUT2D eigenvalue weighted by atomic mass is 16.6. The van der Waals surface area contributed by atoms with E-state index in [2.05, 4.69) is 32.9 Å². The number of benzene rings is 1. The van der Waals surface area contributed by atoms with Gasteiger partial charge in [0.25, 0.3) is 0 Å². The summed E-state index contributed by atoms with van der Waals surface area (Å²) in [5.41, 5.74) is 2.70. The smallest absolute Gasteiger partial charge is 0.308 e. The van der Waals surface area contributed by atoms with Crippen molar-refractivity contribution in [3.63, 3.8) is 0 Å². The summed E-state index contributed by atoms with van der Waals surface area (Å²) in [7, 11) is 1.54. The van der Waals surface area contributed by atoms with E-state index in [0.29, 0.717) is 22.8 Å². The fourth-order valence-electron chi connectivity index (χ4n) is 3.43. The predicted molar refractivity (Wildman–Crippen MR) is 119 cm³/mol.